The molecule has 9 rings (SSSR count). The van der Waals surface area contributed by atoms with E-state index in [1.54, 1.807) is 0 Å². The molecule has 0 spiro atoms. The maximum atomic E-state index is 12.3. The molecule has 0 amide bonds. The SMILES string of the molecule is CC1C(CO)OC(OC2C(O)C(OC3C(C)C(OCCCCCN=[N+]=[N-])OC4COC(c5ccccc5)OC43)OC2[C@H](O)CO)C(C)C1OC1OC(COCc2ccccc2)C(C)C(OCc2ccc3ccccc3c2)C1O. The van der Waals surface area contributed by atoms with Crippen molar-refractivity contribution in [3.63, 3.8) is 0 Å². The van der Waals surface area contributed by atoms with Crippen LogP contribution in [0.2, 0.25) is 0 Å². The van der Waals surface area contributed by atoms with E-state index in [2.05, 4.69) is 16.1 Å². The summed E-state index contributed by atoms with van der Waals surface area (Å²) in [5.74, 6) is -1.95. The van der Waals surface area contributed by atoms with E-state index in [0.717, 1.165) is 33.9 Å². The van der Waals surface area contributed by atoms with Crippen molar-refractivity contribution in [2.75, 3.05) is 39.6 Å². The summed E-state index contributed by atoms with van der Waals surface area (Å²) in [4.78, 5) is 2.82. The molecule has 0 aliphatic carbocycles. The van der Waals surface area contributed by atoms with Crippen molar-refractivity contribution >= 4 is 10.8 Å². The highest BCUT2D eigenvalue weighted by molar-refractivity contribution is 5.82. The normalized spacial score (nSPS) is 36.4. The van der Waals surface area contributed by atoms with Crippen molar-refractivity contribution in [1.29, 1.82) is 0 Å². The maximum Gasteiger partial charge on any atom is 0.187 e. The van der Waals surface area contributed by atoms with E-state index in [1.165, 1.54) is 0 Å². The molecule has 0 radical (unpaired) electrons. The lowest BCUT2D eigenvalue weighted by atomic mass is 9.85. The first-order valence-electron chi connectivity index (χ1n) is 27.5. The van der Waals surface area contributed by atoms with Gasteiger partial charge in [0.2, 0.25) is 0 Å². The third-order valence-corrected chi connectivity index (χ3v) is 15.8. The molecule has 4 aromatic carbocycles. The molecule has 426 valence electrons. The molecule has 5 aliphatic rings. The number of benzene rings is 4. The monoisotopic (exact) mass is 1090 g/mol. The molecule has 5 heterocycles. The number of aliphatic hydroxyl groups excluding tert-OH is 5. The first-order valence-corrected chi connectivity index (χ1v) is 27.5. The van der Waals surface area contributed by atoms with E-state index in [9.17, 15) is 25.5 Å². The molecule has 0 saturated carbocycles. The lowest BCUT2D eigenvalue weighted by molar-refractivity contribution is -0.370. The second-order valence-corrected chi connectivity index (χ2v) is 21.3. The number of fused-ring (bicyclic) bond motifs is 2. The van der Waals surface area contributed by atoms with Crippen LogP contribution in [0.4, 0.5) is 0 Å². The van der Waals surface area contributed by atoms with Gasteiger partial charge < -0.3 is 82.4 Å². The summed E-state index contributed by atoms with van der Waals surface area (Å²) in [5, 5.41) is 62.6. The van der Waals surface area contributed by atoms with Gasteiger partial charge in [0.1, 0.15) is 42.7 Å². The van der Waals surface area contributed by atoms with E-state index >= 15 is 0 Å². The van der Waals surface area contributed by atoms with E-state index < -0.39 is 136 Å². The lowest BCUT2D eigenvalue weighted by Gasteiger charge is -2.49. The number of hydrogen-bond acceptors (Lipinski definition) is 18. The molecule has 5 N–H and O–H groups in total. The van der Waals surface area contributed by atoms with E-state index in [-0.39, 0.29) is 25.7 Å². The minimum Gasteiger partial charge on any atom is -0.394 e. The van der Waals surface area contributed by atoms with Crippen LogP contribution < -0.4 is 0 Å². The van der Waals surface area contributed by atoms with Gasteiger partial charge >= 0.3 is 0 Å². The average Bonchev–Trinajstić information content (AvgIpc) is 3.80. The molecule has 4 aromatic rings. The Labute approximate surface area is 455 Å². The Kier molecular flexibility index (Phi) is 20.9. The Morgan fingerprint density at radius 2 is 1.29 bits per heavy atom. The third kappa shape index (κ3) is 13.9. The Hall–Kier alpha value is -4.23. The van der Waals surface area contributed by atoms with Gasteiger partial charge in [0, 0.05) is 47.3 Å². The summed E-state index contributed by atoms with van der Waals surface area (Å²) in [5.41, 5.74) is 11.4. The fourth-order valence-corrected chi connectivity index (χ4v) is 11.3. The van der Waals surface area contributed by atoms with Gasteiger partial charge in [0.25, 0.3) is 0 Å². The van der Waals surface area contributed by atoms with Crippen LogP contribution in [0, 0.1) is 23.7 Å². The molecule has 5 aliphatic heterocycles. The summed E-state index contributed by atoms with van der Waals surface area (Å²) < 4.78 is 77.9. The van der Waals surface area contributed by atoms with Crippen LogP contribution in [-0.2, 0) is 70.1 Å². The summed E-state index contributed by atoms with van der Waals surface area (Å²) in [7, 11) is 0. The molecule has 20 heteroatoms. The van der Waals surface area contributed by atoms with Crippen molar-refractivity contribution in [1.82, 2.24) is 0 Å². The largest absolute Gasteiger partial charge is 0.394 e. The highest BCUT2D eigenvalue weighted by Gasteiger charge is 2.57. The number of hydrogen-bond donors (Lipinski definition) is 5. The number of nitrogens with zero attached hydrogens (tertiary/aromatic N) is 3. The van der Waals surface area contributed by atoms with Crippen LogP contribution in [0.3, 0.4) is 0 Å². The molecule has 20 unspecified atom stereocenters. The summed E-state index contributed by atoms with van der Waals surface area (Å²) in [6, 6.07) is 33.5. The Morgan fingerprint density at radius 1 is 0.628 bits per heavy atom. The predicted molar refractivity (Wildman–Crippen MR) is 281 cm³/mol. The lowest BCUT2D eigenvalue weighted by Crippen LogP contribution is -2.61. The van der Waals surface area contributed by atoms with Gasteiger partial charge in [0.15, 0.2) is 31.5 Å². The Balaban J connectivity index is 0.914. The zero-order valence-electron chi connectivity index (χ0n) is 44.7. The minimum absolute atomic E-state index is 0.142. The highest BCUT2D eigenvalue weighted by Crippen LogP contribution is 2.43. The summed E-state index contributed by atoms with van der Waals surface area (Å²) in [6.45, 7) is 7.99. The van der Waals surface area contributed by atoms with Crippen LogP contribution in [0.1, 0.15) is 69.9 Å². The van der Waals surface area contributed by atoms with Gasteiger partial charge in [-0.15, -0.1) is 0 Å². The van der Waals surface area contributed by atoms with Gasteiger partial charge in [-0.05, 0) is 46.3 Å². The molecule has 0 aromatic heterocycles. The second kappa shape index (κ2) is 28.0. The molecular formula is C58H77N3O17. The number of aliphatic hydroxyl groups is 5. The fourth-order valence-electron chi connectivity index (χ4n) is 11.3. The molecular weight excluding hydrogens is 1010 g/mol. The number of rotatable bonds is 24. The quantitative estimate of drug-likeness (QED) is 0.0226. The molecule has 5 fully saturated rings. The number of unbranched alkanes of at least 4 members (excludes halogenated alkanes) is 2. The van der Waals surface area contributed by atoms with Gasteiger partial charge in [-0.25, -0.2) is 0 Å². The maximum absolute atomic E-state index is 12.3. The number of ether oxygens (including phenoxy) is 12. The van der Waals surface area contributed by atoms with Gasteiger partial charge in [0.05, 0.1) is 70.2 Å². The molecule has 78 heavy (non-hydrogen) atoms. The topological polar surface area (TPSA) is 261 Å². The first-order chi connectivity index (χ1) is 38.0. The Morgan fingerprint density at radius 3 is 2.05 bits per heavy atom. The number of azide groups is 1. The van der Waals surface area contributed by atoms with Crippen molar-refractivity contribution in [2.45, 2.75) is 165 Å². The van der Waals surface area contributed by atoms with E-state index in [0.29, 0.717) is 32.6 Å². The fraction of sp³-hybridized carbons (Fsp3) is 0.621. The minimum atomic E-state index is -1.56. The average molecular weight is 1090 g/mol. The van der Waals surface area contributed by atoms with Crippen LogP contribution in [-0.4, -0.2) is 164 Å². The smallest absolute Gasteiger partial charge is 0.187 e. The molecule has 5 saturated heterocycles. The van der Waals surface area contributed by atoms with E-state index in [1.807, 2.05) is 125 Å². The third-order valence-electron chi connectivity index (χ3n) is 15.8. The van der Waals surface area contributed by atoms with Crippen molar-refractivity contribution in [2.24, 2.45) is 28.8 Å². The molecule has 0 bridgehead atoms. The molecule has 21 atom stereocenters. The van der Waals surface area contributed by atoms with Crippen molar-refractivity contribution in [3.05, 3.63) is 130 Å². The second-order valence-electron chi connectivity index (χ2n) is 21.3. The van der Waals surface area contributed by atoms with E-state index in [4.69, 9.17) is 62.4 Å². The first kappa shape index (κ1) is 58.4. The van der Waals surface area contributed by atoms with Crippen LogP contribution in [0.25, 0.3) is 21.2 Å². The zero-order chi connectivity index (χ0) is 54.7. The Bertz CT molecular complexity index is 2500. The standard InChI is InChI=1S/C58H77N3O17/c1-33-43(28-63)71-55(35(3)48(33)74-57-46(65)49(69-30-38-22-23-39-18-12-13-21-41(39)26-38)34(2)44(72-57)31-67-29-37-16-8-5-9-17-37)78-53-47(66)58(76-51(53)42(64)27-62)75-50-36(4)54(68-25-15-7-14-24-60-61-59)73-45-32-70-56(77-52(45)50)40-19-10-6-11-20-40/h5-6,8-13,16-23,26,33-36,42-58,62-66H,7,14-15,24-25,27-32H2,1-4H3/t33?,34?,35?,36?,42-,43?,44?,45?,46?,47?,48?,49?,50?,51?,52?,53?,54?,55?,56?,57?,58?/m1/s1. The van der Waals surface area contributed by atoms with Crippen LogP contribution >= 0.6 is 0 Å². The van der Waals surface area contributed by atoms with Gasteiger partial charge in [-0.2, -0.15) is 0 Å². The molecule has 20 nitrogen and oxygen atoms in total. The highest BCUT2D eigenvalue weighted by atomic mass is 16.8. The van der Waals surface area contributed by atoms with Gasteiger partial charge in [-0.3, -0.25) is 0 Å². The van der Waals surface area contributed by atoms with Crippen LogP contribution in [0.5, 0.6) is 0 Å². The van der Waals surface area contributed by atoms with Crippen molar-refractivity contribution < 1.29 is 82.4 Å². The summed E-state index contributed by atoms with van der Waals surface area (Å²) in [6.07, 6.45) is -15.4. The zero-order valence-corrected chi connectivity index (χ0v) is 44.7. The summed E-state index contributed by atoms with van der Waals surface area (Å²) >= 11 is 0. The van der Waals surface area contributed by atoms with Crippen LogP contribution in [0.15, 0.2) is 108 Å². The predicted octanol–water partition coefficient (Wildman–Crippen LogP) is 6.22. The van der Waals surface area contributed by atoms with Crippen molar-refractivity contribution in [3.8, 4) is 0 Å². The van der Waals surface area contributed by atoms with Gasteiger partial charge in [-0.1, -0.05) is 136 Å².